The Balaban J connectivity index is 0.00000220. The molecule has 2 aliphatic heterocycles. The molecule has 1 unspecified atom stereocenters. The monoisotopic (exact) mass is 321 g/mol. The van der Waals surface area contributed by atoms with E-state index >= 15 is 0 Å². The minimum Gasteiger partial charge on any atom is -0.382 e. The summed E-state index contributed by atoms with van der Waals surface area (Å²) in [6.45, 7) is 7.77. The summed E-state index contributed by atoms with van der Waals surface area (Å²) >= 11 is 0. The number of nitrogens with zero attached hydrogens (tertiary/aromatic N) is 2. The number of amides is 1. The molecule has 2 saturated heterocycles. The van der Waals surface area contributed by atoms with E-state index < -0.39 is 0 Å². The third kappa shape index (κ3) is 6.08. The van der Waals surface area contributed by atoms with Crippen molar-refractivity contribution in [3.05, 3.63) is 0 Å². The highest BCUT2D eigenvalue weighted by Crippen LogP contribution is 2.16. The van der Waals surface area contributed by atoms with Crippen LogP contribution in [-0.4, -0.2) is 87.9 Å². The molecule has 7 heteroatoms. The Bertz CT molecular complexity index is 301. The highest BCUT2D eigenvalue weighted by atomic mass is 35.5. The first-order valence-corrected chi connectivity index (χ1v) is 7.60. The van der Waals surface area contributed by atoms with Crippen LogP contribution < -0.4 is 5.32 Å². The number of piperazine rings is 1. The number of methoxy groups -OCH3 is 1. The number of carbonyl (C=O) groups excluding carboxylic acids is 1. The number of likely N-dealkylation sites (tertiary alicyclic amines) is 1. The molecular weight excluding hydrogens is 294 g/mol. The molecule has 0 aromatic carbocycles. The van der Waals surface area contributed by atoms with E-state index in [9.17, 15) is 4.79 Å². The number of rotatable bonds is 7. The van der Waals surface area contributed by atoms with Crippen molar-refractivity contribution < 1.29 is 14.3 Å². The highest BCUT2D eigenvalue weighted by Gasteiger charge is 2.30. The molecule has 0 bridgehead atoms. The van der Waals surface area contributed by atoms with Crippen LogP contribution >= 0.6 is 12.4 Å². The number of halogens is 1. The summed E-state index contributed by atoms with van der Waals surface area (Å²) in [5.41, 5.74) is 0. The van der Waals surface area contributed by atoms with E-state index in [1.54, 1.807) is 7.11 Å². The fourth-order valence-corrected chi connectivity index (χ4v) is 2.88. The van der Waals surface area contributed by atoms with Crippen molar-refractivity contribution in [3.8, 4) is 0 Å². The fourth-order valence-electron chi connectivity index (χ4n) is 2.88. The largest absolute Gasteiger partial charge is 0.382 e. The SMILES string of the molecule is COCCOCCC(=O)N1CCC(N2CCNCC2)C1.Cl. The normalized spacial score (nSPS) is 23.1. The number of carbonyl (C=O) groups is 1. The number of nitrogens with one attached hydrogen (secondary N) is 1. The van der Waals surface area contributed by atoms with Gasteiger partial charge in [-0.3, -0.25) is 9.69 Å². The Morgan fingerprint density at radius 2 is 1.95 bits per heavy atom. The van der Waals surface area contributed by atoms with Gasteiger partial charge in [-0.2, -0.15) is 0 Å². The summed E-state index contributed by atoms with van der Waals surface area (Å²) in [5.74, 6) is 0.222. The lowest BCUT2D eigenvalue weighted by atomic mass is 10.2. The van der Waals surface area contributed by atoms with Crippen LogP contribution in [0.25, 0.3) is 0 Å². The van der Waals surface area contributed by atoms with Gasteiger partial charge in [0.15, 0.2) is 0 Å². The Morgan fingerprint density at radius 3 is 2.67 bits per heavy atom. The summed E-state index contributed by atoms with van der Waals surface area (Å²) < 4.78 is 10.3. The molecule has 2 fully saturated rings. The van der Waals surface area contributed by atoms with E-state index in [4.69, 9.17) is 9.47 Å². The molecule has 21 heavy (non-hydrogen) atoms. The van der Waals surface area contributed by atoms with Gasteiger partial charge < -0.3 is 19.7 Å². The van der Waals surface area contributed by atoms with Crippen LogP contribution in [0.4, 0.5) is 0 Å². The number of hydrogen-bond donors (Lipinski definition) is 1. The third-order valence-electron chi connectivity index (χ3n) is 4.08. The van der Waals surface area contributed by atoms with Gasteiger partial charge in [-0.15, -0.1) is 12.4 Å². The van der Waals surface area contributed by atoms with Crippen LogP contribution in [0.3, 0.4) is 0 Å². The lowest BCUT2D eigenvalue weighted by Crippen LogP contribution is -2.49. The molecule has 1 N–H and O–H groups in total. The maximum Gasteiger partial charge on any atom is 0.224 e. The average molecular weight is 322 g/mol. The molecule has 2 rings (SSSR count). The first-order valence-electron chi connectivity index (χ1n) is 7.60. The molecule has 0 aromatic heterocycles. The van der Waals surface area contributed by atoms with E-state index in [0.717, 1.165) is 45.7 Å². The van der Waals surface area contributed by atoms with Gasteiger partial charge in [-0.1, -0.05) is 0 Å². The number of hydrogen-bond acceptors (Lipinski definition) is 5. The summed E-state index contributed by atoms with van der Waals surface area (Å²) in [7, 11) is 1.65. The molecule has 0 radical (unpaired) electrons. The van der Waals surface area contributed by atoms with Crippen LogP contribution in [0.1, 0.15) is 12.8 Å². The first kappa shape index (κ1) is 18.6. The van der Waals surface area contributed by atoms with Gasteiger partial charge in [-0.05, 0) is 6.42 Å². The van der Waals surface area contributed by atoms with Gasteiger partial charge in [0.25, 0.3) is 0 Å². The topological polar surface area (TPSA) is 54.0 Å². The second kappa shape index (κ2) is 10.3. The van der Waals surface area contributed by atoms with Gasteiger partial charge in [0.2, 0.25) is 5.91 Å². The third-order valence-corrected chi connectivity index (χ3v) is 4.08. The minimum atomic E-state index is 0. The average Bonchev–Trinajstić information content (AvgIpc) is 2.98. The van der Waals surface area contributed by atoms with Crippen LogP contribution in [0.2, 0.25) is 0 Å². The van der Waals surface area contributed by atoms with Crippen molar-refractivity contribution >= 4 is 18.3 Å². The zero-order valence-corrected chi connectivity index (χ0v) is 13.7. The van der Waals surface area contributed by atoms with E-state index in [2.05, 4.69) is 10.2 Å². The zero-order chi connectivity index (χ0) is 14.2. The van der Waals surface area contributed by atoms with E-state index in [1.165, 1.54) is 0 Å². The molecule has 6 nitrogen and oxygen atoms in total. The second-order valence-corrected chi connectivity index (χ2v) is 5.42. The highest BCUT2D eigenvalue weighted by molar-refractivity contribution is 5.85. The zero-order valence-electron chi connectivity index (χ0n) is 12.9. The predicted octanol–water partition coefficient (Wildman–Crippen LogP) is -0.0326. The minimum absolute atomic E-state index is 0. The summed E-state index contributed by atoms with van der Waals surface area (Å²) in [4.78, 5) is 16.6. The Kier molecular flexibility index (Phi) is 9.19. The lowest BCUT2D eigenvalue weighted by molar-refractivity contribution is -0.131. The van der Waals surface area contributed by atoms with Crippen LogP contribution in [0, 0.1) is 0 Å². The number of ether oxygens (including phenoxy) is 2. The molecule has 0 aromatic rings. The summed E-state index contributed by atoms with van der Waals surface area (Å²) in [6.07, 6.45) is 1.59. The van der Waals surface area contributed by atoms with Crippen molar-refractivity contribution in [3.63, 3.8) is 0 Å². The molecular formula is C14H28ClN3O3. The quantitative estimate of drug-likeness (QED) is 0.667. The van der Waals surface area contributed by atoms with E-state index in [-0.39, 0.29) is 18.3 Å². The summed E-state index contributed by atoms with van der Waals surface area (Å²) in [6, 6.07) is 0.551. The van der Waals surface area contributed by atoms with Gasteiger partial charge in [0.05, 0.1) is 26.2 Å². The van der Waals surface area contributed by atoms with Gasteiger partial charge >= 0.3 is 0 Å². The van der Waals surface area contributed by atoms with E-state index in [1.807, 2.05) is 4.90 Å². The van der Waals surface area contributed by atoms with Crippen molar-refractivity contribution in [1.29, 1.82) is 0 Å². The molecule has 1 atom stereocenters. The second-order valence-electron chi connectivity index (χ2n) is 5.42. The van der Waals surface area contributed by atoms with E-state index in [0.29, 0.717) is 32.3 Å². The van der Waals surface area contributed by atoms with Crippen molar-refractivity contribution in [2.24, 2.45) is 0 Å². The molecule has 0 spiro atoms. The standard InChI is InChI=1S/C14H27N3O3.ClH/c1-19-10-11-20-9-3-14(18)17-6-2-13(12-17)16-7-4-15-5-8-16;/h13,15H,2-12H2,1H3;1H. The molecule has 0 saturated carbocycles. The molecule has 124 valence electrons. The van der Waals surface area contributed by atoms with Crippen molar-refractivity contribution in [2.45, 2.75) is 18.9 Å². The molecule has 0 aliphatic carbocycles. The van der Waals surface area contributed by atoms with Gasteiger partial charge in [-0.25, -0.2) is 0 Å². The summed E-state index contributed by atoms with van der Waals surface area (Å²) in [5, 5.41) is 3.37. The maximum absolute atomic E-state index is 12.1. The van der Waals surface area contributed by atoms with Crippen LogP contribution in [0.5, 0.6) is 0 Å². The van der Waals surface area contributed by atoms with Crippen molar-refractivity contribution in [1.82, 2.24) is 15.1 Å². The molecule has 2 aliphatic rings. The van der Waals surface area contributed by atoms with Crippen LogP contribution in [0.15, 0.2) is 0 Å². The van der Waals surface area contributed by atoms with Crippen molar-refractivity contribution in [2.75, 3.05) is 66.2 Å². The smallest absolute Gasteiger partial charge is 0.224 e. The molecule has 2 heterocycles. The molecule has 1 amide bonds. The Hall–Kier alpha value is -0.400. The first-order chi connectivity index (χ1) is 9.81. The van der Waals surface area contributed by atoms with Crippen LogP contribution in [-0.2, 0) is 14.3 Å². The Labute approximate surface area is 133 Å². The lowest BCUT2D eigenvalue weighted by Gasteiger charge is -2.32. The predicted molar refractivity (Wildman–Crippen MR) is 84.0 cm³/mol. The van der Waals surface area contributed by atoms with Gasteiger partial charge in [0, 0.05) is 52.4 Å². The maximum atomic E-state index is 12.1. The fraction of sp³-hybridized carbons (Fsp3) is 0.929. The van der Waals surface area contributed by atoms with Gasteiger partial charge in [0.1, 0.15) is 0 Å². The Morgan fingerprint density at radius 1 is 1.19 bits per heavy atom.